The lowest BCUT2D eigenvalue weighted by atomic mass is 10.0. The summed E-state index contributed by atoms with van der Waals surface area (Å²) in [5.74, 6) is 0. The highest BCUT2D eigenvalue weighted by Crippen LogP contribution is 2.33. The average Bonchev–Trinajstić information content (AvgIpc) is 2.66. The summed E-state index contributed by atoms with van der Waals surface area (Å²) in [5, 5.41) is 0.824. The number of hydrogen-bond acceptors (Lipinski definition) is 2. The van der Waals surface area contributed by atoms with Crippen LogP contribution in [0.3, 0.4) is 0 Å². The van der Waals surface area contributed by atoms with Crippen LogP contribution in [0.2, 0.25) is 5.02 Å². The molecule has 2 N–H and O–H groups in total. The van der Waals surface area contributed by atoms with Crippen molar-refractivity contribution in [3.05, 3.63) is 28.8 Å². The molecule has 1 fully saturated rings. The molecule has 1 aromatic carbocycles. The van der Waals surface area contributed by atoms with Gasteiger partial charge in [0.15, 0.2) is 0 Å². The maximum Gasteiger partial charge on any atom is 0.0642 e. The molecule has 0 spiro atoms. The predicted octanol–water partition coefficient (Wildman–Crippen LogP) is 3.96. The van der Waals surface area contributed by atoms with Gasteiger partial charge in [-0.15, -0.1) is 0 Å². The number of nitrogens with zero attached hydrogens (tertiary/aromatic N) is 1. The summed E-state index contributed by atoms with van der Waals surface area (Å²) in [5.41, 5.74) is 8.11. The molecule has 3 heteroatoms. The minimum absolute atomic E-state index is 0.549. The molecule has 0 aliphatic heterocycles. The lowest BCUT2D eigenvalue weighted by molar-refractivity contribution is 0.552. The molecule has 0 bridgehead atoms. The Kier molecular flexibility index (Phi) is 4.90. The van der Waals surface area contributed by atoms with Gasteiger partial charge in [-0.1, -0.05) is 49.4 Å². The highest BCUT2D eigenvalue weighted by Gasteiger charge is 2.20. The summed E-state index contributed by atoms with van der Waals surface area (Å²) >= 11 is 6.37. The van der Waals surface area contributed by atoms with Crippen molar-refractivity contribution in [1.29, 1.82) is 0 Å². The first-order valence-electron chi connectivity index (χ1n) is 6.94. The molecule has 0 saturated heterocycles. The van der Waals surface area contributed by atoms with E-state index in [-0.39, 0.29) is 0 Å². The first-order valence-corrected chi connectivity index (χ1v) is 7.32. The standard InChI is InChI=1S/C15H23ClN2/c1-18(13-8-4-2-3-5-9-13)15-12(11-17)7-6-10-14(15)16/h6-7,10,13H,2-5,8-9,11,17H2,1H3. The topological polar surface area (TPSA) is 29.3 Å². The largest absolute Gasteiger partial charge is 0.370 e. The van der Waals surface area contributed by atoms with Crippen LogP contribution in [0.4, 0.5) is 5.69 Å². The second kappa shape index (κ2) is 6.44. The zero-order valence-corrected chi connectivity index (χ0v) is 11.9. The fraction of sp³-hybridized carbons (Fsp3) is 0.600. The molecule has 1 saturated carbocycles. The van der Waals surface area contributed by atoms with E-state index in [1.165, 1.54) is 38.5 Å². The zero-order valence-electron chi connectivity index (χ0n) is 11.2. The van der Waals surface area contributed by atoms with Crippen LogP contribution in [0.5, 0.6) is 0 Å². The van der Waals surface area contributed by atoms with E-state index in [9.17, 15) is 0 Å². The second-order valence-electron chi connectivity index (χ2n) is 5.21. The van der Waals surface area contributed by atoms with Crippen LogP contribution in [-0.2, 0) is 6.54 Å². The summed E-state index contributed by atoms with van der Waals surface area (Å²) in [7, 11) is 2.16. The molecular formula is C15H23ClN2. The quantitative estimate of drug-likeness (QED) is 0.839. The van der Waals surface area contributed by atoms with Crippen molar-refractivity contribution in [3.8, 4) is 0 Å². The van der Waals surface area contributed by atoms with Crippen molar-refractivity contribution < 1.29 is 0 Å². The highest BCUT2D eigenvalue weighted by molar-refractivity contribution is 6.33. The van der Waals surface area contributed by atoms with Gasteiger partial charge in [0.2, 0.25) is 0 Å². The van der Waals surface area contributed by atoms with E-state index in [0.717, 1.165) is 16.3 Å². The summed E-state index contributed by atoms with van der Waals surface area (Å²) in [6.07, 6.45) is 7.94. The third-order valence-corrected chi connectivity index (χ3v) is 4.32. The van der Waals surface area contributed by atoms with Gasteiger partial charge in [-0.25, -0.2) is 0 Å². The molecule has 18 heavy (non-hydrogen) atoms. The van der Waals surface area contributed by atoms with Gasteiger partial charge in [0.25, 0.3) is 0 Å². The average molecular weight is 267 g/mol. The van der Waals surface area contributed by atoms with E-state index in [4.69, 9.17) is 17.3 Å². The molecule has 0 radical (unpaired) electrons. The van der Waals surface area contributed by atoms with Gasteiger partial charge in [0.05, 0.1) is 10.7 Å². The molecule has 1 aliphatic carbocycles. The molecule has 2 rings (SSSR count). The molecule has 1 aromatic rings. The van der Waals surface area contributed by atoms with Gasteiger partial charge < -0.3 is 10.6 Å². The fourth-order valence-corrected chi connectivity index (χ4v) is 3.27. The molecule has 0 amide bonds. The number of halogens is 1. The van der Waals surface area contributed by atoms with Crippen LogP contribution in [0, 0.1) is 0 Å². The minimum atomic E-state index is 0.549. The van der Waals surface area contributed by atoms with Crippen molar-refractivity contribution in [2.24, 2.45) is 5.73 Å². The summed E-state index contributed by atoms with van der Waals surface area (Å²) in [6, 6.07) is 6.63. The van der Waals surface area contributed by atoms with E-state index in [1.54, 1.807) is 0 Å². The summed E-state index contributed by atoms with van der Waals surface area (Å²) in [4.78, 5) is 2.36. The van der Waals surface area contributed by atoms with Gasteiger partial charge in [-0.05, 0) is 24.5 Å². The van der Waals surface area contributed by atoms with Crippen LogP contribution in [0.15, 0.2) is 18.2 Å². The Bertz CT molecular complexity index is 384. The Morgan fingerprint density at radius 3 is 2.50 bits per heavy atom. The fourth-order valence-electron chi connectivity index (χ4n) is 2.95. The first kappa shape index (κ1) is 13.7. The first-order chi connectivity index (χ1) is 8.74. The molecule has 0 unspecified atom stereocenters. The maximum atomic E-state index is 6.37. The Balaban J connectivity index is 2.23. The third-order valence-electron chi connectivity index (χ3n) is 4.02. The van der Waals surface area contributed by atoms with Crippen LogP contribution < -0.4 is 10.6 Å². The van der Waals surface area contributed by atoms with Gasteiger partial charge in [0, 0.05) is 19.6 Å². The lowest BCUT2D eigenvalue weighted by Gasteiger charge is -2.31. The van der Waals surface area contributed by atoms with Crippen molar-refractivity contribution in [1.82, 2.24) is 0 Å². The van der Waals surface area contributed by atoms with Gasteiger partial charge in [0.1, 0.15) is 0 Å². The van der Waals surface area contributed by atoms with Gasteiger partial charge in [-0.3, -0.25) is 0 Å². The SMILES string of the molecule is CN(c1c(Cl)cccc1CN)C1CCCCCC1. The maximum absolute atomic E-state index is 6.37. The molecule has 0 heterocycles. The van der Waals surface area contributed by atoms with E-state index in [2.05, 4.69) is 18.0 Å². The molecule has 0 atom stereocenters. The summed E-state index contributed by atoms with van der Waals surface area (Å²) in [6.45, 7) is 0.549. The molecule has 2 nitrogen and oxygen atoms in total. The van der Waals surface area contributed by atoms with Gasteiger partial charge >= 0.3 is 0 Å². The van der Waals surface area contributed by atoms with Crippen LogP contribution >= 0.6 is 11.6 Å². The third kappa shape index (κ3) is 2.99. The number of rotatable bonds is 3. The molecule has 0 aromatic heterocycles. The van der Waals surface area contributed by atoms with Gasteiger partial charge in [-0.2, -0.15) is 0 Å². The van der Waals surface area contributed by atoms with Crippen molar-refractivity contribution in [2.75, 3.05) is 11.9 Å². The second-order valence-corrected chi connectivity index (χ2v) is 5.62. The number of nitrogens with two attached hydrogens (primary N) is 1. The number of benzene rings is 1. The molecule has 100 valence electrons. The van der Waals surface area contributed by atoms with Crippen molar-refractivity contribution in [2.45, 2.75) is 51.1 Å². The monoisotopic (exact) mass is 266 g/mol. The van der Waals surface area contributed by atoms with E-state index < -0.39 is 0 Å². The smallest absolute Gasteiger partial charge is 0.0642 e. The Morgan fingerprint density at radius 2 is 1.89 bits per heavy atom. The van der Waals surface area contributed by atoms with E-state index in [0.29, 0.717) is 12.6 Å². The molecule has 1 aliphatic rings. The Labute approximate surface area is 115 Å². The number of anilines is 1. The van der Waals surface area contributed by atoms with Crippen LogP contribution in [0.25, 0.3) is 0 Å². The van der Waals surface area contributed by atoms with E-state index >= 15 is 0 Å². The normalized spacial score (nSPS) is 17.5. The van der Waals surface area contributed by atoms with E-state index in [1.807, 2.05) is 12.1 Å². The number of para-hydroxylation sites is 1. The van der Waals surface area contributed by atoms with Crippen LogP contribution in [-0.4, -0.2) is 13.1 Å². The Morgan fingerprint density at radius 1 is 1.22 bits per heavy atom. The Hall–Kier alpha value is -0.730. The van der Waals surface area contributed by atoms with Crippen molar-refractivity contribution >= 4 is 17.3 Å². The minimum Gasteiger partial charge on any atom is -0.370 e. The van der Waals surface area contributed by atoms with Crippen LogP contribution in [0.1, 0.15) is 44.1 Å². The molecular weight excluding hydrogens is 244 g/mol. The summed E-state index contributed by atoms with van der Waals surface area (Å²) < 4.78 is 0. The lowest BCUT2D eigenvalue weighted by Crippen LogP contribution is -2.32. The number of hydrogen-bond donors (Lipinski definition) is 1. The zero-order chi connectivity index (χ0) is 13.0. The van der Waals surface area contributed by atoms with Crippen molar-refractivity contribution in [3.63, 3.8) is 0 Å². The predicted molar refractivity (Wildman–Crippen MR) is 79.2 cm³/mol. The highest BCUT2D eigenvalue weighted by atomic mass is 35.5.